The number of para-hydroxylation sites is 1. The lowest BCUT2D eigenvalue weighted by molar-refractivity contribution is 0.869. The molecular formula is C13H15N3O. The normalized spacial score (nSPS) is 10.2. The van der Waals surface area contributed by atoms with Crippen LogP contribution in [0.2, 0.25) is 0 Å². The third kappa shape index (κ3) is 2.24. The topological polar surface area (TPSA) is 63.8 Å². The molecule has 0 bridgehead atoms. The molecule has 17 heavy (non-hydrogen) atoms. The number of hydrogen-bond donors (Lipinski definition) is 2. The van der Waals surface area contributed by atoms with Crippen LogP contribution in [0.5, 0.6) is 0 Å². The third-order valence-electron chi connectivity index (χ3n) is 2.65. The molecule has 3 N–H and O–H groups in total. The molecule has 1 aromatic heterocycles. The first-order valence-corrected chi connectivity index (χ1v) is 5.60. The molecule has 0 radical (unpaired) electrons. The fourth-order valence-corrected chi connectivity index (χ4v) is 1.76. The van der Waals surface area contributed by atoms with E-state index < -0.39 is 0 Å². The lowest BCUT2D eigenvalue weighted by atomic mass is 10.1. The largest absolute Gasteiger partial charge is 0.330 e. The summed E-state index contributed by atoms with van der Waals surface area (Å²) in [6.07, 6.45) is 1.68. The van der Waals surface area contributed by atoms with E-state index in [1.54, 1.807) is 11.6 Å². The monoisotopic (exact) mass is 229 g/mol. The highest BCUT2D eigenvalue weighted by Gasteiger charge is 2.05. The SMILES string of the molecule is Cn1c(=O)[nH]c2cccc(C#CCCCN)c21. The molecule has 0 unspecified atom stereocenters. The van der Waals surface area contributed by atoms with Crippen molar-refractivity contribution < 1.29 is 0 Å². The van der Waals surface area contributed by atoms with Crippen LogP contribution >= 0.6 is 0 Å². The number of aromatic nitrogens is 2. The predicted molar refractivity (Wildman–Crippen MR) is 68.7 cm³/mol. The predicted octanol–water partition coefficient (Wildman–Crippen LogP) is 0.957. The maximum Gasteiger partial charge on any atom is 0.326 e. The first kappa shape index (κ1) is 11.5. The molecule has 4 heteroatoms. The zero-order valence-corrected chi connectivity index (χ0v) is 9.79. The molecule has 1 heterocycles. The zero-order valence-electron chi connectivity index (χ0n) is 9.79. The van der Waals surface area contributed by atoms with Crippen molar-refractivity contribution in [2.45, 2.75) is 12.8 Å². The zero-order chi connectivity index (χ0) is 12.3. The molecular weight excluding hydrogens is 214 g/mol. The van der Waals surface area contributed by atoms with Gasteiger partial charge in [-0.05, 0) is 25.1 Å². The van der Waals surface area contributed by atoms with Crippen molar-refractivity contribution in [3.8, 4) is 11.8 Å². The number of fused-ring (bicyclic) bond motifs is 1. The molecule has 0 aliphatic carbocycles. The van der Waals surface area contributed by atoms with Gasteiger partial charge in [-0.3, -0.25) is 4.57 Å². The average Bonchev–Trinajstić information content (AvgIpc) is 2.62. The van der Waals surface area contributed by atoms with E-state index in [1.807, 2.05) is 18.2 Å². The maximum absolute atomic E-state index is 11.5. The summed E-state index contributed by atoms with van der Waals surface area (Å²) in [7, 11) is 1.74. The number of aryl methyl sites for hydroxylation is 1. The summed E-state index contributed by atoms with van der Waals surface area (Å²) in [5.74, 6) is 6.16. The Morgan fingerprint density at radius 2 is 2.29 bits per heavy atom. The van der Waals surface area contributed by atoms with Gasteiger partial charge in [-0.25, -0.2) is 4.79 Å². The van der Waals surface area contributed by atoms with Crippen LogP contribution < -0.4 is 11.4 Å². The number of aromatic amines is 1. The Labute approximate surface area is 99.4 Å². The minimum absolute atomic E-state index is 0.115. The number of H-pyrrole nitrogens is 1. The highest BCUT2D eigenvalue weighted by atomic mass is 16.1. The number of nitrogens with zero attached hydrogens (tertiary/aromatic N) is 1. The van der Waals surface area contributed by atoms with E-state index in [0.717, 1.165) is 29.4 Å². The Hall–Kier alpha value is -1.99. The Kier molecular flexibility index (Phi) is 3.31. The highest BCUT2D eigenvalue weighted by molar-refractivity contribution is 5.81. The van der Waals surface area contributed by atoms with Gasteiger partial charge in [0.1, 0.15) is 0 Å². The summed E-state index contributed by atoms with van der Waals surface area (Å²) < 4.78 is 1.59. The Morgan fingerprint density at radius 1 is 1.47 bits per heavy atom. The maximum atomic E-state index is 11.5. The van der Waals surface area contributed by atoms with Crippen LogP contribution in [0.15, 0.2) is 23.0 Å². The minimum Gasteiger partial charge on any atom is -0.330 e. The first-order valence-electron chi connectivity index (χ1n) is 5.60. The molecule has 0 atom stereocenters. The third-order valence-corrected chi connectivity index (χ3v) is 2.65. The van der Waals surface area contributed by atoms with Crippen molar-refractivity contribution in [1.82, 2.24) is 9.55 Å². The first-order chi connectivity index (χ1) is 8.24. The number of nitrogens with one attached hydrogen (secondary N) is 1. The Bertz CT molecular complexity index is 640. The number of nitrogens with two attached hydrogens (primary N) is 1. The van der Waals surface area contributed by atoms with E-state index in [2.05, 4.69) is 16.8 Å². The van der Waals surface area contributed by atoms with Gasteiger partial charge in [0.15, 0.2) is 0 Å². The van der Waals surface area contributed by atoms with E-state index in [0.29, 0.717) is 6.54 Å². The molecule has 4 nitrogen and oxygen atoms in total. The summed E-state index contributed by atoms with van der Waals surface area (Å²) in [6.45, 7) is 0.654. The second kappa shape index (κ2) is 4.89. The van der Waals surface area contributed by atoms with E-state index in [4.69, 9.17) is 5.73 Å². The van der Waals surface area contributed by atoms with Gasteiger partial charge in [0.25, 0.3) is 0 Å². The number of benzene rings is 1. The number of unbranched alkanes of at least 4 members (excludes halogenated alkanes) is 1. The van der Waals surface area contributed by atoms with Gasteiger partial charge < -0.3 is 10.7 Å². The van der Waals surface area contributed by atoms with Gasteiger partial charge in [-0.2, -0.15) is 0 Å². The average molecular weight is 229 g/mol. The molecule has 0 saturated carbocycles. The fourth-order valence-electron chi connectivity index (χ4n) is 1.76. The lowest BCUT2D eigenvalue weighted by Gasteiger charge is -1.97. The lowest BCUT2D eigenvalue weighted by Crippen LogP contribution is -2.12. The van der Waals surface area contributed by atoms with Gasteiger partial charge in [0.05, 0.1) is 16.6 Å². The second-order valence-electron chi connectivity index (χ2n) is 3.88. The highest BCUT2D eigenvalue weighted by Crippen LogP contribution is 2.13. The smallest absolute Gasteiger partial charge is 0.326 e. The van der Waals surface area contributed by atoms with Crippen LogP contribution in [0.1, 0.15) is 18.4 Å². The van der Waals surface area contributed by atoms with Crippen molar-refractivity contribution in [3.05, 3.63) is 34.2 Å². The molecule has 0 spiro atoms. The van der Waals surface area contributed by atoms with Gasteiger partial charge >= 0.3 is 5.69 Å². The minimum atomic E-state index is -0.115. The van der Waals surface area contributed by atoms with Crippen LogP contribution in [0, 0.1) is 11.8 Å². The van der Waals surface area contributed by atoms with Crippen LogP contribution in [0.3, 0.4) is 0 Å². The molecule has 0 aliphatic rings. The van der Waals surface area contributed by atoms with E-state index >= 15 is 0 Å². The number of hydrogen-bond acceptors (Lipinski definition) is 2. The number of rotatable bonds is 2. The van der Waals surface area contributed by atoms with Gasteiger partial charge in [0.2, 0.25) is 0 Å². The quantitative estimate of drug-likeness (QED) is 0.595. The molecule has 1 aromatic carbocycles. The van der Waals surface area contributed by atoms with Crippen molar-refractivity contribution in [2.24, 2.45) is 12.8 Å². The Balaban J connectivity index is 2.46. The van der Waals surface area contributed by atoms with Gasteiger partial charge in [-0.1, -0.05) is 17.9 Å². The number of imidazole rings is 1. The summed E-state index contributed by atoms with van der Waals surface area (Å²) in [5.41, 5.74) is 7.85. The van der Waals surface area contributed by atoms with Crippen LogP contribution in [0.25, 0.3) is 11.0 Å². The van der Waals surface area contributed by atoms with E-state index in [1.165, 1.54) is 0 Å². The van der Waals surface area contributed by atoms with Crippen LogP contribution in [-0.2, 0) is 7.05 Å². The van der Waals surface area contributed by atoms with Crippen molar-refractivity contribution in [1.29, 1.82) is 0 Å². The molecule has 0 fully saturated rings. The molecule has 0 aliphatic heterocycles. The molecule has 88 valence electrons. The van der Waals surface area contributed by atoms with Crippen molar-refractivity contribution in [2.75, 3.05) is 6.54 Å². The summed E-state index contributed by atoms with van der Waals surface area (Å²) in [6, 6.07) is 5.69. The summed E-state index contributed by atoms with van der Waals surface area (Å²) >= 11 is 0. The molecule has 2 aromatic rings. The van der Waals surface area contributed by atoms with Crippen molar-refractivity contribution >= 4 is 11.0 Å². The van der Waals surface area contributed by atoms with Crippen LogP contribution in [0.4, 0.5) is 0 Å². The van der Waals surface area contributed by atoms with Gasteiger partial charge in [0, 0.05) is 13.5 Å². The summed E-state index contributed by atoms with van der Waals surface area (Å²) in [4.78, 5) is 14.3. The Morgan fingerprint density at radius 3 is 3.06 bits per heavy atom. The van der Waals surface area contributed by atoms with Crippen LogP contribution in [-0.4, -0.2) is 16.1 Å². The fraction of sp³-hybridized carbons (Fsp3) is 0.308. The second-order valence-corrected chi connectivity index (χ2v) is 3.88. The summed E-state index contributed by atoms with van der Waals surface area (Å²) in [5, 5.41) is 0. The molecule has 2 rings (SSSR count). The standard InChI is InChI=1S/C13H15N3O/c1-16-12-10(6-3-2-4-9-14)7-5-8-11(12)15-13(16)17/h5,7-8H,2,4,9,14H2,1H3,(H,15,17). The van der Waals surface area contributed by atoms with E-state index in [-0.39, 0.29) is 5.69 Å². The molecule has 0 saturated heterocycles. The molecule has 0 amide bonds. The van der Waals surface area contributed by atoms with E-state index in [9.17, 15) is 4.79 Å². The van der Waals surface area contributed by atoms with Gasteiger partial charge in [-0.15, -0.1) is 0 Å². The van der Waals surface area contributed by atoms with Crippen molar-refractivity contribution in [3.63, 3.8) is 0 Å².